The van der Waals surface area contributed by atoms with Crippen molar-refractivity contribution in [2.75, 3.05) is 13.7 Å². The zero-order valence-electron chi connectivity index (χ0n) is 9.92. The highest BCUT2D eigenvalue weighted by Crippen LogP contribution is 2.34. The Balaban J connectivity index is 3.07. The summed E-state index contributed by atoms with van der Waals surface area (Å²) in [6.45, 7) is -0.476. The Labute approximate surface area is 122 Å². The molecule has 0 radical (unpaired) electrons. The molecule has 2 N–H and O–H groups in total. The van der Waals surface area contributed by atoms with Crippen LogP contribution in [0.25, 0.3) is 6.08 Å². The highest BCUT2D eigenvalue weighted by molar-refractivity contribution is 14.1. The van der Waals surface area contributed by atoms with Gasteiger partial charge < -0.3 is 19.7 Å². The van der Waals surface area contributed by atoms with Crippen molar-refractivity contribution in [1.29, 1.82) is 0 Å². The number of methoxy groups -OCH3 is 1. The van der Waals surface area contributed by atoms with Gasteiger partial charge in [-0.2, -0.15) is 0 Å². The van der Waals surface area contributed by atoms with E-state index in [4.69, 9.17) is 19.7 Å². The van der Waals surface area contributed by atoms with Gasteiger partial charge in [-0.05, 0) is 46.4 Å². The van der Waals surface area contributed by atoms with Crippen LogP contribution in [0.1, 0.15) is 5.56 Å². The maximum Gasteiger partial charge on any atom is 0.341 e. The highest BCUT2D eigenvalue weighted by atomic mass is 127. The molecule has 0 atom stereocenters. The van der Waals surface area contributed by atoms with Crippen molar-refractivity contribution >= 4 is 40.6 Å². The van der Waals surface area contributed by atoms with Gasteiger partial charge in [0.15, 0.2) is 18.1 Å². The van der Waals surface area contributed by atoms with Gasteiger partial charge in [-0.3, -0.25) is 0 Å². The van der Waals surface area contributed by atoms with Gasteiger partial charge in [-0.15, -0.1) is 0 Å². The molecule has 0 fully saturated rings. The van der Waals surface area contributed by atoms with Crippen molar-refractivity contribution in [2.45, 2.75) is 0 Å². The van der Waals surface area contributed by atoms with Crippen molar-refractivity contribution in [3.05, 3.63) is 27.3 Å². The molecule has 0 spiro atoms. The molecule has 102 valence electrons. The van der Waals surface area contributed by atoms with Crippen LogP contribution >= 0.6 is 22.6 Å². The van der Waals surface area contributed by atoms with Crippen LogP contribution in [0.15, 0.2) is 18.2 Å². The summed E-state index contributed by atoms with van der Waals surface area (Å²) in [7, 11) is 1.42. The predicted molar refractivity (Wildman–Crippen MR) is 75.5 cm³/mol. The lowest BCUT2D eigenvalue weighted by molar-refractivity contribution is -0.139. The number of carboxylic acids is 2. The fraction of sp³-hybridized carbons (Fsp3) is 0.167. The Kier molecular flexibility index (Phi) is 5.61. The van der Waals surface area contributed by atoms with E-state index in [0.29, 0.717) is 20.6 Å². The molecular weight excluding hydrogens is 367 g/mol. The minimum absolute atomic E-state index is 0.318. The SMILES string of the molecule is COc1cc(C=CC(=O)O)cc(I)c1OCC(=O)O. The summed E-state index contributed by atoms with van der Waals surface area (Å²) in [5, 5.41) is 17.1. The Morgan fingerprint density at radius 1 is 1.37 bits per heavy atom. The third-order valence-corrected chi connectivity index (χ3v) is 2.81. The summed E-state index contributed by atoms with van der Waals surface area (Å²) in [4.78, 5) is 20.9. The van der Waals surface area contributed by atoms with Gasteiger partial charge in [-0.1, -0.05) is 0 Å². The molecule has 19 heavy (non-hydrogen) atoms. The van der Waals surface area contributed by atoms with Crippen LogP contribution in [0.4, 0.5) is 0 Å². The zero-order chi connectivity index (χ0) is 14.4. The van der Waals surface area contributed by atoms with Crippen molar-refractivity contribution < 1.29 is 29.3 Å². The molecule has 0 saturated carbocycles. The van der Waals surface area contributed by atoms with Crippen LogP contribution in [0, 0.1) is 3.57 Å². The lowest BCUT2D eigenvalue weighted by atomic mass is 10.2. The first kappa shape index (κ1) is 15.3. The van der Waals surface area contributed by atoms with E-state index >= 15 is 0 Å². The molecule has 0 unspecified atom stereocenters. The number of carbonyl (C=O) groups is 2. The molecule has 0 heterocycles. The van der Waals surface area contributed by atoms with Gasteiger partial charge in [-0.25, -0.2) is 9.59 Å². The number of carboxylic acid groups (broad SMARTS) is 2. The fourth-order valence-electron chi connectivity index (χ4n) is 1.28. The van der Waals surface area contributed by atoms with Gasteiger partial charge in [0.25, 0.3) is 0 Å². The molecular formula is C12H11IO6. The molecule has 0 aliphatic carbocycles. The number of hydrogen-bond acceptors (Lipinski definition) is 4. The van der Waals surface area contributed by atoms with E-state index in [9.17, 15) is 9.59 Å². The van der Waals surface area contributed by atoms with Crippen LogP contribution in [0.3, 0.4) is 0 Å². The summed E-state index contributed by atoms with van der Waals surface area (Å²) in [5.41, 5.74) is 0.617. The maximum absolute atomic E-state index is 10.5. The summed E-state index contributed by atoms with van der Waals surface area (Å²) < 4.78 is 10.9. The molecule has 0 aliphatic heterocycles. The smallest absolute Gasteiger partial charge is 0.341 e. The number of aliphatic carboxylic acids is 2. The van der Waals surface area contributed by atoms with Crippen molar-refractivity contribution in [3.63, 3.8) is 0 Å². The Morgan fingerprint density at radius 2 is 2.05 bits per heavy atom. The fourth-order valence-corrected chi connectivity index (χ4v) is 2.06. The number of hydrogen-bond donors (Lipinski definition) is 2. The van der Waals surface area contributed by atoms with E-state index < -0.39 is 18.5 Å². The summed E-state index contributed by atoms with van der Waals surface area (Å²) >= 11 is 1.96. The summed E-state index contributed by atoms with van der Waals surface area (Å²) in [5.74, 6) is -1.48. The molecule has 0 aromatic heterocycles. The Bertz CT molecular complexity index is 523. The van der Waals surface area contributed by atoms with E-state index in [0.717, 1.165) is 6.08 Å². The number of ether oxygens (including phenoxy) is 2. The number of rotatable bonds is 6. The minimum Gasteiger partial charge on any atom is -0.493 e. The van der Waals surface area contributed by atoms with E-state index in [1.54, 1.807) is 12.1 Å². The molecule has 1 rings (SSSR count). The molecule has 0 bridgehead atoms. The first-order chi connectivity index (χ1) is 8.93. The van der Waals surface area contributed by atoms with Crippen LogP contribution in [0.5, 0.6) is 11.5 Å². The Morgan fingerprint density at radius 3 is 2.58 bits per heavy atom. The van der Waals surface area contributed by atoms with Gasteiger partial charge in [0.05, 0.1) is 10.7 Å². The van der Waals surface area contributed by atoms with E-state index in [1.165, 1.54) is 13.2 Å². The maximum atomic E-state index is 10.5. The predicted octanol–water partition coefficient (Wildman–Crippen LogP) is 1.86. The van der Waals surface area contributed by atoms with Crippen molar-refractivity contribution in [2.24, 2.45) is 0 Å². The van der Waals surface area contributed by atoms with E-state index in [1.807, 2.05) is 22.6 Å². The third-order valence-electron chi connectivity index (χ3n) is 2.01. The topological polar surface area (TPSA) is 93.1 Å². The summed E-state index contributed by atoms with van der Waals surface area (Å²) in [6, 6.07) is 3.23. The van der Waals surface area contributed by atoms with Gasteiger partial charge in [0, 0.05) is 6.08 Å². The second-order valence-electron chi connectivity index (χ2n) is 3.39. The monoisotopic (exact) mass is 378 g/mol. The van der Waals surface area contributed by atoms with Gasteiger partial charge in [0.1, 0.15) is 0 Å². The molecule has 0 saturated heterocycles. The molecule has 7 heteroatoms. The van der Waals surface area contributed by atoms with Crippen LogP contribution < -0.4 is 9.47 Å². The number of benzene rings is 1. The highest BCUT2D eigenvalue weighted by Gasteiger charge is 2.12. The first-order valence-corrected chi connectivity index (χ1v) is 6.15. The van der Waals surface area contributed by atoms with E-state index in [2.05, 4.69) is 0 Å². The second-order valence-corrected chi connectivity index (χ2v) is 4.55. The third kappa shape index (κ3) is 4.78. The van der Waals surface area contributed by atoms with Crippen LogP contribution in [-0.2, 0) is 9.59 Å². The Hall–Kier alpha value is -1.77. The minimum atomic E-state index is -1.09. The average molecular weight is 378 g/mol. The lowest BCUT2D eigenvalue weighted by Gasteiger charge is -2.12. The molecule has 1 aromatic carbocycles. The zero-order valence-corrected chi connectivity index (χ0v) is 12.1. The van der Waals surface area contributed by atoms with Crippen molar-refractivity contribution in [3.8, 4) is 11.5 Å². The average Bonchev–Trinajstić information content (AvgIpc) is 2.34. The van der Waals surface area contributed by atoms with Crippen molar-refractivity contribution in [1.82, 2.24) is 0 Å². The first-order valence-electron chi connectivity index (χ1n) is 5.07. The second kappa shape index (κ2) is 6.98. The quantitative estimate of drug-likeness (QED) is 0.580. The number of halogens is 1. The van der Waals surface area contributed by atoms with Gasteiger partial charge >= 0.3 is 11.9 Å². The standard InChI is InChI=1S/C12H11IO6/c1-18-9-5-7(2-3-10(14)15)4-8(13)12(9)19-6-11(16)17/h2-5H,6H2,1H3,(H,14,15)(H,16,17). The van der Waals surface area contributed by atoms with Crippen LogP contribution in [-0.4, -0.2) is 35.9 Å². The molecule has 0 amide bonds. The van der Waals surface area contributed by atoms with E-state index in [-0.39, 0.29) is 0 Å². The lowest BCUT2D eigenvalue weighted by Crippen LogP contribution is -2.11. The summed E-state index contributed by atoms with van der Waals surface area (Å²) in [6.07, 6.45) is 2.41. The normalized spacial score (nSPS) is 10.4. The largest absolute Gasteiger partial charge is 0.493 e. The van der Waals surface area contributed by atoms with Crippen LogP contribution in [0.2, 0.25) is 0 Å². The molecule has 0 aliphatic rings. The van der Waals surface area contributed by atoms with Gasteiger partial charge in [0.2, 0.25) is 0 Å². The molecule has 6 nitrogen and oxygen atoms in total. The molecule has 1 aromatic rings.